The first-order valence-corrected chi connectivity index (χ1v) is 12.7. The van der Waals surface area contributed by atoms with Gasteiger partial charge in [-0.25, -0.2) is 4.98 Å². The minimum atomic E-state index is 0.154. The highest BCUT2D eigenvalue weighted by atomic mass is 35.5. The molecule has 0 fully saturated rings. The SMILES string of the molecule is Clc1nc(-c2ccccc2)nc(-c2ccc3c(c2)oc2ccc(-c4cccc(-c5ccccc5)c4)cc23)n1. The molecule has 0 bridgehead atoms. The average molecular weight is 510 g/mol. The quantitative estimate of drug-likeness (QED) is 0.237. The topological polar surface area (TPSA) is 51.8 Å². The number of hydrogen-bond acceptors (Lipinski definition) is 4. The number of benzene rings is 5. The Balaban J connectivity index is 1.29. The van der Waals surface area contributed by atoms with E-state index in [0.29, 0.717) is 11.6 Å². The van der Waals surface area contributed by atoms with E-state index in [-0.39, 0.29) is 5.28 Å². The normalized spacial score (nSPS) is 11.3. The Hall–Kier alpha value is -4.80. The molecule has 0 aliphatic heterocycles. The van der Waals surface area contributed by atoms with E-state index < -0.39 is 0 Å². The number of aromatic nitrogens is 3. The van der Waals surface area contributed by atoms with E-state index in [1.165, 1.54) is 11.1 Å². The summed E-state index contributed by atoms with van der Waals surface area (Å²) >= 11 is 6.27. The number of halogens is 1. The highest BCUT2D eigenvalue weighted by Crippen LogP contribution is 2.35. The zero-order chi connectivity index (χ0) is 25.5. The fourth-order valence-electron chi connectivity index (χ4n) is 4.80. The van der Waals surface area contributed by atoms with Crippen molar-refractivity contribution in [2.75, 3.05) is 0 Å². The van der Waals surface area contributed by atoms with Gasteiger partial charge in [-0.05, 0) is 64.2 Å². The molecule has 0 atom stereocenters. The molecular weight excluding hydrogens is 490 g/mol. The lowest BCUT2D eigenvalue weighted by Gasteiger charge is -2.06. The largest absolute Gasteiger partial charge is 0.456 e. The van der Waals surface area contributed by atoms with Gasteiger partial charge < -0.3 is 4.42 Å². The van der Waals surface area contributed by atoms with Gasteiger partial charge in [0.2, 0.25) is 5.28 Å². The summed E-state index contributed by atoms with van der Waals surface area (Å²) in [6.45, 7) is 0. The predicted octanol–water partition coefficient (Wildman–Crippen LogP) is 9.09. The molecular formula is C33H20ClN3O. The summed E-state index contributed by atoms with van der Waals surface area (Å²) in [6.07, 6.45) is 0. The first kappa shape index (κ1) is 22.4. The van der Waals surface area contributed by atoms with Gasteiger partial charge in [-0.15, -0.1) is 0 Å². The van der Waals surface area contributed by atoms with Crippen molar-refractivity contribution in [3.05, 3.63) is 127 Å². The molecule has 180 valence electrons. The van der Waals surface area contributed by atoms with Crippen LogP contribution < -0.4 is 0 Å². The molecule has 0 aliphatic rings. The molecule has 4 nitrogen and oxygen atoms in total. The lowest BCUT2D eigenvalue weighted by atomic mass is 9.98. The first-order chi connectivity index (χ1) is 18.7. The Morgan fingerprint density at radius 1 is 0.421 bits per heavy atom. The molecule has 0 N–H and O–H groups in total. The van der Waals surface area contributed by atoms with Crippen LogP contribution in [-0.4, -0.2) is 15.0 Å². The number of hydrogen-bond donors (Lipinski definition) is 0. The van der Waals surface area contributed by atoms with Crippen molar-refractivity contribution in [3.63, 3.8) is 0 Å². The van der Waals surface area contributed by atoms with Crippen molar-refractivity contribution >= 4 is 33.5 Å². The first-order valence-electron chi connectivity index (χ1n) is 12.3. The second-order valence-corrected chi connectivity index (χ2v) is 9.43. The minimum Gasteiger partial charge on any atom is -0.456 e. The van der Waals surface area contributed by atoms with E-state index in [9.17, 15) is 0 Å². The molecule has 0 saturated heterocycles. The Morgan fingerprint density at radius 3 is 1.79 bits per heavy atom. The maximum Gasteiger partial charge on any atom is 0.226 e. The molecule has 2 aromatic heterocycles. The third-order valence-electron chi connectivity index (χ3n) is 6.67. The van der Waals surface area contributed by atoms with Gasteiger partial charge in [-0.2, -0.15) is 9.97 Å². The molecule has 0 aliphatic carbocycles. The fraction of sp³-hybridized carbons (Fsp3) is 0. The molecule has 5 heteroatoms. The monoisotopic (exact) mass is 509 g/mol. The predicted molar refractivity (Wildman–Crippen MR) is 154 cm³/mol. The van der Waals surface area contributed by atoms with E-state index in [4.69, 9.17) is 16.0 Å². The average Bonchev–Trinajstić information content (AvgIpc) is 3.35. The highest BCUT2D eigenvalue weighted by Gasteiger charge is 2.14. The number of rotatable bonds is 4. The van der Waals surface area contributed by atoms with Gasteiger partial charge in [0.1, 0.15) is 11.2 Å². The van der Waals surface area contributed by atoms with Crippen molar-refractivity contribution in [3.8, 4) is 45.0 Å². The van der Waals surface area contributed by atoms with E-state index >= 15 is 0 Å². The summed E-state index contributed by atoms with van der Waals surface area (Å²) in [6, 6.07) is 41.1. The molecule has 0 amide bonds. The van der Waals surface area contributed by atoms with Crippen LogP contribution in [0.1, 0.15) is 0 Å². The summed E-state index contributed by atoms with van der Waals surface area (Å²) in [5.41, 5.74) is 7.98. The highest BCUT2D eigenvalue weighted by molar-refractivity contribution is 6.28. The third kappa shape index (κ3) is 4.11. The Labute approximate surface area is 224 Å². The molecule has 38 heavy (non-hydrogen) atoms. The van der Waals surface area contributed by atoms with Gasteiger partial charge in [-0.3, -0.25) is 0 Å². The van der Waals surface area contributed by atoms with Crippen LogP contribution in [0, 0.1) is 0 Å². The van der Waals surface area contributed by atoms with Crippen LogP contribution in [0.3, 0.4) is 0 Å². The molecule has 2 heterocycles. The van der Waals surface area contributed by atoms with Gasteiger partial charge in [-0.1, -0.05) is 91.0 Å². The number of fused-ring (bicyclic) bond motifs is 3. The third-order valence-corrected chi connectivity index (χ3v) is 6.84. The molecule has 7 aromatic rings. The maximum atomic E-state index is 6.27. The molecule has 5 aromatic carbocycles. The summed E-state index contributed by atoms with van der Waals surface area (Å²) in [5, 5.41) is 2.25. The summed E-state index contributed by atoms with van der Waals surface area (Å²) in [4.78, 5) is 13.4. The fourth-order valence-corrected chi connectivity index (χ4v) is 4.96. The lowest BCUT2D eigenvalue weighted by molar-refractivity contribution is 0.669. The van der Waals surface area contributed by atoms with Gasteiger partial charge in [0.15, 0.2) is 11.6 Å². The Kier molecular flexibility index (Phi) is 5.46. The summed E-state index contributed by atoms with van der Waals surface area (Å²) < 4.78 is 6.24. The smallest absolute Gasteiger partial charge is 0.226 e. The number of nitrogens with zero attached hydrogens (tertiary/aromatic N) is 3. The van der Waals surface area contributed by atoms with Crippen LogP contribution in [0.25, 0.3) is 67.0 Å². The van der Waals surface area contributed by atoms with Crippen LogP contribution >= 0.6 is 11.6 Å². The summed E-state index contributed by atoms with van der Waals surface area (Å²) in [7, 11) is 0. The van der Waals surface area contributed by atoms with Gasteiger partial charge in [0, 0.05) is 21.9 Å². The van der Waals surface area contributed by atoms with Crippen LogP contribution in [0.5, 0.6) is 0 Å². The zero-order valence-electron chi connectivity index (χ0n) is 20.2. The van der Waals surface area contributed by atoms with E-state index in [0.717, 1.165) is 44.2 Å². The van der Waals surface area contributed by atoms with Crippen LogP contribution in [0.2, 0.25) is 5.28 Å². The molecule has 0 spiro atoms. The molecule has 0 unspecified atom stereocenters. The Morgan fingerprint density at radius 2 is 1.03 bits per heavy atom. The van der Waals surface area contributed by atoms with Crippen LogP contribution in [0.4, 0.5) is 0 Å². The number of furan rings is 1. The van der Waals surface area contributed by atoms with Crippen molar-refractivity contribution < 1.29 is 4.42 Å². The van der Waals surface area contributed by atoms with E-state index in [2.05, 4.69) is 81.7 Å². The van der Waals surface area contributed by atoms with E-state index in [1.54, 1.807) is 0 Å². The summed E-state index contributed by atoms with van der Waals surface area (Å²) in [5.74, 6) is 1.04. The van der Waals surface area contributed by atoms with Crippen LogP contribution in [-0.2, 0) is 0 Å². The molecule has 7 rings (SSSR count). The van der Waals surface area contributed by atoms with Crippen LogP contribution in [0.15, 0.2) is 126 Å². The minimum absolute atomic E-state index is 0.154. The Bertz CT molecular complexity index is 1930. The standard InChI is InChI=1S/C33H20ClN3O/c34-33-36-31(22-10-5-2-6-11-22)35-32(37-33)26-14-16-27-28-19-25(15-17-29(28)38-30(27)20-26)24-13-7-12-23(18-24)21-8-3-1-4-9-21/h1-20H. The zero-order valence-corrected chi connectivity index (χ0v) is 20.9. The second kappa shape index (κ2) is 9.25. The van der Waals surface area contributed by atoms with Crippen molar-refractivity contribution in [2.45, 2.75) is 0 Å². The molecule has 0 radical (unpaired) electrons. The van der Waals surface area contributed by atoms with E-state index in [1.807, 2.05) is 54.6 Å². The van der Waals surface area contributed by atoms with Gasteiger partial charge >= 0.3 is 0 Å². The van der Waals surface area contributed by atoms with Crippen molar-refractivity contribution in [1.82, 2.24) is 15.0 Å². The molecule has 0 saturated carbocycles. The van der Waals surface area contributed by atoms with Gasteiger partial charge in [0.25, 0.3) is 0 Å². The van der Waals surface area contributed by atoms with Gasteiger partial charge in [0.05, 0.1) is 0 Å². The maximum absolute atomic E-state index is 6.27. The second-order valence-electron chi connectivity index (χ2n) is 9.09. The van der Waals surface area contributed by atoms with Crippen molar-refractivity contribution in [1.29, 1.82) is 0 Å². The lowest BCUT2D eigenvalue weighted by Crippen LogP contribution is -1.97. The van der Waals surface area contributed by atoms with Crippen molar-refractivity contribution in [2.24, 2.45) is 0 Å².